The van der Waals surface area contributed by atoms with Gasteiger partial charge in [-0.05, 0) is 97.1 Å². The third kappa shape index (κ3) is 9.50. The Kier molecular flexibility index (Phi) is 12.5. The molecule has 0 bridgehead atoms. The van der Waals surface area contributed by atoms with Gasteiger partial charge in [0.05, 0.1) is 31.9 Å². The number of rotatable bonds is 9. The number of amides is 3. The van der Waals surface area contributed by atoms with Gasteiger partial charge >= 0.3 is 6.09 Å². The third-order valence-electron chi connectivity index (χ3n) is 10.7. The van der Waals surface area contributed by atoms with E-state index in [1.807, 2.05) is 40.7 Å². The molecule has 4 aliphatic heterocycles. The number of pyridine rings is 1. The molecule has 5 heterocycles. The number of carbonyl (C=O) groups excluding carboxylic acids is 3. The van der Waals surface area contributed by atoms with E-state index in [0.717, 1.165) is 18.4 Å². The molecular weight excluding hydrogens is 695 g/mol. The SMILES string of the molecule is C[C@@H]1CN(CC(=O)N2c3cc(Cc4ccc(F)cc4)c(C(=O)NC[C@@H]4CCCO4)nc3OC[C@@H]2C)[C@@H](CN2[C@H](C)COC[C@H]2C)CN1C(=O)OC(C)(C)C. The molecule has 4 aliphatic rings. The Morgan fingerprint density at radius 3 is 2.37 bits per heavy atom. The molecule has 1 aromatic heterocycles. The molecule has 14 heteroatoms. The number of hydrogen-bond donors (Lipinski definition) is 1. The number of anilines is 1. The van der Waals surface area contributed by atoms with Crippen molar-refractivity contribution in [1.29, 1.82) is 0 Å². The van der Waals surface area contributed by atoms with Gasteiger partial charge < -0.3 is 34.1 Å². The molecule has 13 nitrogen and oxygen atoms in total. The largest absolute Gasteiger partial charge is 0.474 e. The van der Waals surface area contributed by atoms with Gasteiger partial charge in [0.1, 0.15) is 29.4 Å². The van der Waals surface area contributed by atoms with Crippen molar-refractivity contribution in [3.63, 3.8) is 0 Å². The van der Waals surface area contributed by atoms with Crippen LogP contribution >= 0.6 is 0 Å². The van der Waals surface area contributed by atoms with Crippen LogP contribution in [0.15, 0.2) is 30.3 Å². The second-order valence-electron chi connectivity index (χ2n) is 16.4. The van der Waals surface area contributed by atoms with Gasteiger partial charge in [-0.25, -0.2) is 14.2 Å². The summed E-state index contributed by atoms with van der Waals surface area (Å²) in [4.78, 5) is 54.5. The maximum atomic E-state index is 14.6. The van der Waals surface area contributed by atoms with E-state index in [4.69, 9.17) is 23.9 Å². The fourth-order valence-electron chi connectivity index (χ4n) is 7.88. The average Bonchev–Trinajstić information content (AvgIpc) is 3.63. The number of fused-ring (bicyclic) bond motifs is 1. The molecule has 6 rings (SSSR count). The lowest BCUT2D eigenvalue weighted by atomic mass is 10.0. The van der Waals surface area contributed by atoms with Crippen LogP contribution in [0, 0.1) is 5.82 Å². The van der Waals surface area contributed by atoms with Crippen molar-refractivity contribution in [3.05, 3.63) is 53.0 Å². The lowest BCUT2D eigenvalue weighted by Gasteiger charge is -2.49. The van der Waals surface area contributed by atoms with Gasteiger partial charge in [-0.1, -0.05) is 12.1 Å². The number of benzene rings is 1. The maximum Gasteiger partial charge on any atom is 0.410 e. The molecule has 2 aromatic rings. The number of nitrogens with one attached hydrogen (secondary N) is 1. The fraction of sp³-hybridized carbons (Fsp3) is 0.650. The Morgan fingerprint density at radius 2 is 1.70 bits per heavy atom. The first-order valence-electron chi connectivity index (χ1n) is 19.4. The lowest BCUT2D eigenvalue weighted by Crippen LogP contribution is -2.65. The van der Waals surface area contributed by atoms with E-state index in [1.54, 1.807) is 21.9 Å². The summed E-state index contributed by atoms with van der Waals surface area (Å²) in [5.41, 5.74) is 1.42. The van der Waals surface area contributed by atoms with Crippen molar-refractivity contribution in [2.24, 2.45) is 0 Å². The molecule has 54 heavy (non-hydrogen) atoms. The summed E-state index contributed by atoms with van der Waals surface area (Å²) in [5, 5.41) is 2.97. The molecule has 0 spiro atoms. The highest BCUT2D eigenvalue weighted by molar-refractivity contribution is 5.99. The minimum atomic E-state index is -0.638. The molecule has 0 radical (unpaired) electrons. The van der Waals surface area contributed by atoms with Crippen molar-refractivity contribution in [2.75, 3.05) is 64.1 Å². The quantitative estimate of drug-likeness (QED) is 0.398. The van der Waals surface area contributed by atoms with Crippen LogP contribution in [-0.4, -0.2) is 139 Å². The molecule has 3 fully saturated rings. The van der Waals surface area contributed by atoms with E-state index in [1.165, 1.54) is 12.1 Å². The Labute approximate surface area is 318 Å². The zero-order chi connectivity index (χ0) is 38.7. The summed E-state index contributed by atoms with van der Waals surface area (Å²) in [6.45, 7) is 17.9. The Hall–Kier alpha value is -3.85. The van der Waals surface area contributed by atoms with Crippen LogP contribution in [0.5, 0.6) is 5.88 Å². The number of morpholine rings is 1. The smallest absolute Gasteiger partial charge is 0.410 e. The van der Waals surface area contributed by atoms with Gasteiger partial charge in [0.25, 0.3) is 5.91 Å². The topological polar surface area (TPSA) is 126 Å². The van der Waals surface area contributed by atoms with Crippen LogP contribution in [0.3, 0.4) is 0 Å². The molecule has 1 aromatic carbocycles. The molecule has 3 saturated heterocycles. The minimum Gasteiger partial charge on any atom is -0.474 e. The summed E-state index contributed by atoms with van der Waals surface area (Å²) >= 11 is 0. The van der Waals surface area contributed by atoms with E-state index in [9.17, 15) is 18.8 Å². The molecule has 1 N–H and O–H groups in total. The first-order valence-corrected chi connectivity index (χ1v) is 19.4. The fourth-order valence-corrected chi connectivity index (χ4v) is 7.88. The number of aromatic nitrogens is 1. The highest BCUT2D eigenvalue weighted by atomic mass is 19.1. The van der Waals surface area contributed by atoms with Crippen molar-refractivity contribution < 1.29 is 37.7 Å². The minimum absolute atomic E-state index is 0.0513. The Bertz CT molecular complexity index is 1640. The molecule has 0 saturated carbocycles. The third-order valence-corrected chi connectivity index (χ3v) is 10.7. The molecular formula is C40H57FN6O7. The summed E-state index contributed by atoms with van der Waals surface area (Å²) < 4.78 is 37.3. The predicted octanol–water partition coefficient (Wildman–Crippen LogP) is 4.25. The normalized spacial score (nSPS) is 26.6. The van der Waals surface area contributed by atoms with Crippen molar-refractivity contribution in [3.8, 4) is 5.88 Å². The number of hydrogen-bond acceptors (Lipinski definition) is 10. The Morgan fingerprint density at radius 1 is 0.981 bits per heavy atom. The second-order valence-corrected chi connectivity index (χ2v) is 16.4. The summed E-state index contributed by atoms with van der Waals surface area (Å²) in [6.07, 6.45) is 1.71. The van der Waals surface area contributed by atoms with E-state index < -0.39 is 5.60 Å². The number of ether oxygens (including phenoxy) is 4. The highest BCUT2D eigenvalue weighted by Crippen LogP contribution is 2.36. The maximum absolute atomic E-state index is 14.6. The lowest BCUT2D eigenvalue weighted by molar-refractivity contribution is -0.123. The monoisotopic (exact) mass is 752 g/mol. The van der Waals surface area contributed by atoms with E-state index >= 15 is 0 Å². The molecule has 296 valence electrons. The highest BCUT2D eigenvalue weighted by Gasteiger charge is 2.41. The number of halogens is 1. The van der Waals surface area contributed by atoms with Crippen LogP contribution in [0.4, 0.5) is 14.9 Å². The Balaban J connectivity index is 1.28. The average molecular weight is 753 g/mol. The molecule has 6 atom stereocenters. The van der Waals surface area contributed by atoms with Crippen LogP contribution < -0.4 is 15.0 Å². The molecule has 0 aliphatic carbocycles. The second kappa shape index (κ2) is 16.9. The predicted molar refractivity (Wildman–Crippen MR) is 201 cm³/mol. The van der Waals surface area contributed by atoms with Crippen LogP contribution in [-0.2, 0) is 25.4 Å². The molecule has 3 amide bonds. The zero-order valence-electron chi connectivity index (χ0n) is 32.8. The van der Waals surface area contributed by atoms with Crippen molar-refractivity contribution >= 4 is 23.6 Å². The van der Waals surface area contributed by atoms with Crippen LogP contribution in [0.25, 0.3) is 0 Å². The van der Waals surface area contributed by atoms with Gasteiger partial charge in [0.2, 0.25) is 11.8 Å². The van der Waals surface area contributed by atoms with E-state index in [0.29, 0.717) is 63.7 Å². The van der Waals surface area contributed by atoms with Gasteiger partial charge in [-0.15, -0.1) is 0 Å². The van der Waals surface area contributed by atoms with Gasteiger partial charge in [-0.2, -0.15) is 0 Å². The first kappa shape index (κ1) is 39.8. The molecule has 0 unspecified atom stereocenters. The van der Waals surface area contributed by atoms with Gasteiger partial charge in [0, 0.05) is 57.0 Å². The zero-order valence-corrected chi connectivity index (χ0v) is 32.8. The van der Waals surface area contributed by atoms with Crippen molar-refractivity contribution in [1.82, 2.24) is 25.0 Å². The van der Waals surface area contributed by atoms with Gasteiger partial charge in [0.15, 0.2) is 0 Å². The summed E-state index contributed by atoms with van der Waals surface area (Å²) in [6, 6.07) is 7.63. The number of piperazine rings is 1. The van der Waals surface area contributed by atoms with Gasteiger partial charge in [-0.3, -0.25) is 19.4 Å². The number of nitrogens with zero attached hydrogens (tertiary/aromatic N) is 5. The standard InChI is InChI=1S/C40H57FN6O7/c1-25-18-44(32(19-45-26(2)22-51-23-27(45)3)20-46(25)39(50)54-40(5,6)7)21-35(48)47-28(4)24-53-38-34(47)16-30(15-29-10-12-31(41)13-11-29)36(43-38)37(49)42-17-33-9-8-14-52-33/h10-13,16,25-28,32-33H,8-9,14-15,17-24H2,1-7H3,(H,42,49)/t25-,26-,27-,28+,32+,33+/m1/s1. The first-order chi connectivity index (χ1) is 25.7. The van der Waals surface area contributed by atoms with Crippen LogP contribution in [0.2, 0.25) is 0 Å². The van der Waals surface area contributed by atoms with Crippen molar-refractivity contribution in [2.45, 2.75) is 110 Å². The number of carbonyl (C=O) groups is 3. The summed E-state index contributed by atoms with van der Waals surface area (Å²) in [7, 11) is 0. The summed E-state index contributed by atoms with van der Waals surface area (Å²) in [5.74, 6) is -0.643. The van der Waals surface area contributed by atoms with E-state index in [2.05, 4.69) is 29.0 Å². The van der Waals surface area contributed by atoms with Crippen LogP contribution in [0.1, 0.15) is 82.9 Å². The van der Waals surface area contributed by atoms with E-state index in [-0.39, 0.29) is 84.8 Å².